The lowest BCUT2D eigenvalue weighted by atomic mass is 10.0. The molecule has 2 heterocycles. The van der Waals surface area contributed by atoms with Gasteiger partial charge < -0.3 is 9.30 Å². The van der Waals surface area contributed by atoms with Crippen molar-refractivity contribution in [2.24, 2.45) is 13.0 Å². The molecule has 0 spiro atoms. The van der Waals surface area contributed by atoms with Gasteiger partial charge >= 0.3 is 0 Å². The number of ether oxygens (including phenoxy) is 1. The molecule has 1 aliphatic carbocycles. The average Bonchev–Trinajstić information content (AvgIpc) is 3.48. The predicted octanol–water partition coefficient (Wildman–Crippen LogP) is 3.90. The molecule has 5 nitrogen and oxygen atoms in total. The van der Waals surface area contributed by atoms with Gasteiger partial charge in [-0.2, -0.15) is 0 Å². The third-order valence-electron chi connectivity index (χ3n) is 4.56. The summed E-state index contributed by atoms with van der Waals surface area (Å²) < 4.78 is 7.72. The Balaban J connectivity index is 1.89. The van der Waals surface area contributed by atoms with Crippen molar-refractivity contribution in [1.82, 2.24) is 14.5 Å². The maximum Gasteiger partial charge on any atom is 0.261 e. The maximum absolute atomic E-state index is 12.4. The summed E-state index contributed by atoms with van der Waals surface area (Å²) in [5.41, 5.74) is 2.44. The van der Waals surface area contributed by atoms with Crippen LogP contribution in [0.25, 0.3) is 22.0 Å². The Morgan fingerprint density at radius 2 is 2.15 bits per heavy atom. The number of rotatable bonds is 6. The van der Waals surface area contributed by atoms with Gasteiger partial charge in [0.2, 0.25) is 0 Å². The number of benzene rings is 1. The molecule has 1 fully saturated rings. The fourth-order valence-electron chi connectivity index (χ4n) is 3.00. The van der Waals surface area contributed by atoms with Crippen molar-refractivity contribution in [1.29, 1.82) is 0 Å². The Kier molecular flexibility index (Phi) is 4.68. The van der Waals surface area contributed by atoms with Gasteiger partial charge in [-0.3, -0.25) is 4.79 Å². The van der Waals surface area contributed by atoms with E-state index in [0.29, 0.717) is 16.8 Å². The van der Waals surface area contributed by atoms with Crippen LogP contribution in [0.4, 0.5) is 0 Å². The molecule has 0 N–H and O–H groups in total. The first-order valence-electron chi connectivity index (χ1n) is 8.86. The van der Waals surface area contributed by atoms with E-state index in [-0.39, 0.29) is 5.56 Å². The van der Waals surface area contributed by atoms with Crippen LogP contribution in [0.2, 0.25) is 0 Å². The van der Waals surface area contributed by atoms with E-state index in [0.717, 1.165) is 29.2 Å². The Labute approximate surface area is 156 Å². The van der Waals surface area contributed by atoms with Crippen LogP contribution in [0.1, 0.15) is 19.8 Å². The Morgan fingerprint density at radius 3 is 2.92 bits per heavy atom. The molecule has 0 aliphatic heterocycles. The van der Waals surface area contributed by atoms with Crippen LogP contribution >= 0.6 is 11.8 Å². The highest BCUT2D eigenvalue weighted by atomic mass is 32.2. The van der Waals surface area contributed by atoms with Crippen molar-refractivity contribution in [3.05, 3.63) is 47.3 Å². The Hall–Kier alpha value is -2.34. The van der Waals surface area contributed by atoms with Crippen molar-refractivity contribution in [2.75, 3.05) is 12.4 Å². The van der Waals surface area contributed by atoms with Gasteiger partial charge in [0.25, 0.3) is 5.56 Å². The highest BCUT2D eigenvalue weighted by molar-refractivity contribution is 7.99. The van der Waals surface area contributed by atoms with Gasteiger partial charge in [0.05, 0.1) is 17.5 Å². The minimum atomic E-state index is -0.0936. The largest absolute Gasteiger partial charge is 0.493 e. The zero-order valence-electron chi connectivity index (χ0n) is 14.9. The summed E-state index contributed by atoms with van der Waals surface area (Å²) >= 11 is 1.79. The number of hydrogen-bond donors (Lipinski definition) is 0. The summed E-state index contributed by atoms with van der Waals surface area (Å²) in [6.07, 6.45) is 7.41. The van der Waals surface area contributed by atoms with E-state index in [9.17, 15) is 4.79 Å². The maximum atomic E-state index is 12.4. The van der Waals surface area contributed by atoms with E-state index in [1.165, 1.54) is 24.1 Å². The lowest BCUT2D eigenvalue weighted by Gasteiger charge is -2.15. The van der Waals surface area contributed by atoms with Gasteiger partial charge in [-0.05, 0) is 42.7 Å². The van der Waals surface area contributed by atoms with E-state index in [1.807, 2.05) is 12.3 Å². The van der Waals surface area contributed by atoms with Crippen molar-refractivity contribution in [3.63, 3.8) is 0 Å². The van der Waals surface area contributed by atoms with E-state index in [1.54, 1.807) is 29.6 Å². The number of thioether (sulfide) groups is 1. The SMILES string of the molecule is CCSc1ccc(OCC2CC2)c(-c2cn(C)c(=O)c3cncnc23)c1. The summed E-state index contributed by atoms with van der Waals surface area (Å²) in [6.45, 7) is 2.88. The first-order valence-corrected chi connectivity index (χ1v) is 9.85. The number of pyridine rings is 1. The number of nitrogens with zero attached hydrogens (tertiary/aromatic N) is 3. The fourth-order valence-corrected chi connectivity index (χ4v) is 3.69. The standard InChI is InChI=1S/C20H21N3O2S/c1-3-26-14-6-7-18(25-11-13-4-5-13)15(8-14)17-10-23(2)20(24)16-9-21-12-22-19(16)17/h6-10,12-13H,3-5,11H2,1-2H3. The van der Waals surface area contributed by atoms with E-state index in [2.05, 4.69) is 29.0 Å². The van der Waals surface area contributed by atoms with Gasteiger partial charge in [0, 0.05) is 35.5 Å². The molecule has 0 atom stereocenters. The van der Waals surface area contributed by atoms with Gasteiger partial charge in [-0.1, -0.05) is 6.92 Å². The van der Waals surface area contributed by atoms with Gasteiger partial charge in [0.1, 0.15) is 12.1 Å². The van der Waals surface area contributed by atoms with Crippen molar-refractivity contribution < 1.29 is 4.74 Å². The Morgan fingerprint density at radius 1 is 1.31 bits per heavy atom. The van der Waals surface area contributed by atoms with E-state index >= 15 is 0 Å². The molecule has 6 heteroatoms. The molecular formula is C20H21N3O2S. The predicted molar refractivity (Wildman–Crippen MR) is 105 cm³/mol. The molecule has 0 bridgehead atoms. The minimum absolute atomic E-state index is 0.0936. The molecule has 1 aliphatic rings. The number of fused-ring (bicyclic) bond motifs is 1. The number of hydrogen-bond acceptors (Lipinski definition) is 5. The summed E-state index contributed by atoms with van der Waals surface area (Å²) in [4.78, 5) is 22.0. The summed E-state index contributed by atoms with van der Waals surface area (Å²) in [5, 5.41) is 0.522. The fraction of sp³-hybridized carbons (Fsp3) is 0.350. The summed E-state index contributed by atoms with van der Waals surface area (Å²) in [5.74, 6) is 2.51. The molecule has 0 saturated heterocycles. The van der Waals surface area contributed by atoms with E-state index in [4.69, 9.17) is 4.74 Å². The molecule has 0 unspecified atom stereocenters. The first-order chi connectivity index (χ1) is 12.7. The highest BCUT2D eigenvalue weighted by Crippen LogP contribution is 2.38. The molecule has 0 amide bonds. The normalized spacial score (nSPS) is 13.9. The van der Waals surface area contributed by atoms with Crippen LogP contribution in [0.15, 0.2) is 46.6 Å². The third-order valence-corrected chi connectivity index (χ3v) is 5.44. The second kappa shape index (κ2) is 7.11. The smallest absolute Gasteiger partial charge is 0.261 e. The van der Waals surface area contributed by atoms with Crippen molar-refractivity contribution in [3.8, 4) is 16.9 Å². The molecule has 1 aromatic carbocycles. The van der Waals surface area contributed by atoms with Gasteiger partial charge in [0.15, 0.2) is 0 Å². The van der Waals surface area contributed by atoms with Gasteiger partial charge in [-0.25, -0.2) is 9.97 Å². The molecule has 1 saturated carbocycles. The van der Waals surface area contributed by atoms with Crippen LogP contribution < -0.4 is 10.3 Å². The molecule has 2 aromatic heterocycles. The highest BCUT2D eigenvalue weighted by Gasteiger charge is 2.23. The zero-order chi connectivity index (χ0) is 18.1. The van der Waals surface area contributed by atoms with E-state index < -0.39 is 0 Å². The molecular weight excluding hydrogens is 346 g/mol. The minimum Gasteiger partial charge on any atom is -0.493 e. The van der Waals surface area contributed by atoms with Crippen LogP contribution in [-0.4, -0.2) is 26.9 Å². The zero-order valence-corrected chi connectivity index (χ0v) is 15.8. The first kappa shape index (κ1) is 17.1. The second-order valence-electron chi connectivity index (χ2n) is 6.59. The van der Waals surface area contributed by atoms with Crippen LogP contribution in [0.3, 0.4) is 0 Å². The monoisotopic (exact) mass is 367 g/mol. The third kappa shape index (κ3) is 3.33. The molecule has 134 valence electrons. The Bertz CT molecular complexity index is 1010. The van der Waals surface area contributed by atoms with Crippen LogP contribution in [0, 0.1) is 5.92 Å². The molecule has 3 aromatic rings. The lowest BCUT2D eigenvalue weighted by Crippen LogP contribution is -2.17. The average molecular weight is 367 g/mol. The van der Waals surface area contributed by atoms with Crippen molar-refractivity contribution in [2.45, 2.75) is 24.7 Å². The van der Waals surface area contributed by atoms with Crippen LogP contribution in [0.5, 0.6) is 5.75 Å². The summed E-state index contributed by atoms with van der Waals surface area (Å²) in [7, 11) is 1.76. The quantitative estimate of drug-likeness (QED) is 0.619. The van der Waals surface area contributed by atoms with Gasteiger partial charge in [-0.15, -0.1) is 11.8 Å². The van der Waals surface area contributed by atoms with Crippen LogP contribution in [-0.2, 0) is 7.05 Å². The number of aryl methyl sites for hydroxylation is 1. The number of aromatic nitrogens is 3. The molecule has 26 heavy (non-hydrogen) atoms. The topological polar surface area (TPSA) is 57.0 Å². The lowest BCUT2D eigenvalue weighted by molar-refractivity contribution is 0.301. The molecule has 4 rings (SSSR count). The van der Waals surface area contributed by atoms with Crippen molar-refractivity contribution >= 4 is 22.7 Å². The summed E-state index contributed by atoms with van der Waals surface area (Å²) in [6, 6.07) is 6.27. The molecule has 0 radical (unpaired) electrons. The second-order valence-corrected chi connectivity index (χ2v) is 7.93.